The zero-order valence-corrected chi connectivity index (χ0v) is 11.3. The van der Waals surface area contributed by atoms with Crippen molar-refractivity contribution in [2.24, 2.45) is 0 Å². The van der Waals surface area contributed by atoms with Crippen LogP contribution in [0.1, 0.15) is 23.7 Å². The van der Waals surface area contributed by atoms with E-state index in [-0.39, 0.29) is 10.9 Å². The summed E-state index contributed by atoms with van der Waals surface area (Å²) in [6, 6.07) is 6.29. The third-order valence-corrected chi connectivity index (χ3v) is 5.08. The second-order valence-corrected chi connectivity index (χ2v) is 6.96. The second kappa shape index (κ2) is 4.80. The molecule has 3 nitrogen and oxygen atoms in total. The fraction of sp³-hybridized carbons (Fsp3) is 0.385. The molecule has 0 fully saturated rings. The SMILES string of the molecule is CC[SH](C)Cc1c(C)ccc2[nH]nc(C#N)c12. The predicted octanol–water partition coefficient (Wildman–Crippen LogP) is 2.89. The molecule has 17 heavy (non-hydrogen) atoms. The number of thiol groups is 1. The Hall–Kier alpha value is -1.47. The summed E-state index contributed by atoms with van der Waals surface area (Å²) >= 11 is 0. The van der Waals surface area contributed by atoms with Crippen LogP contribution in [-0.2, 0) is 5.75 Å². The number of nitrogens with zero attached hydrogens (tertiary/aromatic N) is 2. The molecule has 4 heteroatoms. The number of hydrogen-bond acceptors (Lipinski definition) is 2. The monoisotopic (exact) mass is 247 g/mol. The topological polar surface area (TPSA) is 52.5 Å². The number of aromatic amines is 1. The first-order chi connectivity index (χ1) is 8.17. The van der Waals surface area contributed by atoms with E-state index in [1.807, 2.05) is 6.07 Å². The first kappa shape index (κ1) is 12.0. The molecule has 0 aliphatic heterocycles. The van der Waals surface area contributed by atoms with Gasteiger partial charge in [0.15, 0.2) is 5.69 Å². The van der Waals surface area contributed by atoms with Crippen molar-refractivity contribution in [2.45, 2.75) is 19.6 Å². The molecule has 1 aromatic heterocycles. The highest BCUT2D eigenvalue weighted by Gasteiger charge is 2.13. The Kier molecular flexibility index (Phi) is 3.39. The van der Waals surface area contributed by atoms with E-state index >= 15 is 0 Å². The van der Waals surface area contributed by atoms with Gasteiger partial charge >= 0.3 is 0 Å². The highest BCUT2D eigenvalue weighted by Crippen LogP contribution is 2.32. The maximum Gasteiger partial charge on any atom is 0.170 e. The Bertz CT molecular complexity index is 580. The van der Waals surface area contributed by atoms with Gasteiger partial charge in [-0.1, -0.05) is 13.0 Å². The van der Waals surface area contributed by atoms with E-state index in [2.05, 4.69) is 42.4 Å². The number of aromatic nitrogens is 2. The van der Waals surface area contributed by atoms with Crippen molar-refractivity contribution < 1.29 is 0 Å². The summed E-state index contributed by atoms with van der Waals surface area (Å²) in [5.74, 6) is 2.29. The Labute approximate surface area is 104 Å². The molecule has 0 bridgehead atoms. The van der Waals surface area contributed by atoms with E-state index in [1.54, 1.807) is 0 Å². The summed E-state index contributed by atoms with van der Waals surface area (Å²) in [6.07, 6.45) is 2.31. The minimum Gasteiger partial charge on any atom is -0.276 e. The van der Waals surface area contributed by atoms with E-state index in [0.29, 0.717) is 5.69 Å². The van der Waals surface area contributed by atoms with Crippen LogP contribution in [0.5, 0.6) is 0 Å². The van der Waals surface area contributed by atoms with Crippen LogP contribution in [0.3, 0.4) is 0 Å². The van der Waals surface area contributed by atoms with Crippen LogP contribution in [0, 0.1) is 18.3 Å². The molecule has 0 saturated carbocycles. The van der Waals surface area contributed by atoms with Gasteiger partial charge < -0.3 is 0 Å². The van der Waals surface area contributed by atoms with Crippen molar-refractivity contribution in [3.63, 3.8) is 0 Å². The molecular weight excluding hydrogens is 230 g/mol. The van der Waals surface area contributed by atoms with E-state index in [9.17, 15) is 0 Å². The van der Waals surface area contributed by atoms with Crippen molar-refractivity contribution in [1.82, 2.24) is 10.2 Å². The van der Waals surface area contributed by atoms with Crippen LogP contribution in [0.2, 0.25) is 0 Å². The van der Waals surface area contributed by atoms with Crippen molar-refractivity contribution in [3.8, 4) is 6.07 Å². The van der Waals surface area contributed by atoms with Crippen molar-refractivity contribution in [2.75, 3.05) is 12.0 Å². The summed E-state index contributed by atoms with van der Waals surface area (Å²) in [5, 5.41) is 17.1. The number of rotatable bonds is 3. The molecule has 1 atom stereocenters. The highest BCUT2D eigenvalue weighted by molar-refractivity contribution is 8.15. The molecule has 2 aromatic rings. The zero-order valence-electron chi connectivity index (χ0n) is 10.4. The van der Waals surface area contributed by atoms with Crippen LogP contribution in [0.15, 0.2) is 12.1 Å². The number of hydrogen-bond donors (Lipinski definition) is 2. The minimum atomic E-state index is 0.00638. The molecule has 1 heterocycles. The lowest BCUT2D eigenvalue weighted by Gasteiger charge is -2.16. The van der Waals surface area contributed by atoms with Gasteiger partial charge in [-0.2, -0.15) is 10.4 Å². The van der Waals surface area contributed by atoms with E-state index in [1.165, 1.54) is 16.9 Å². The molecule has 0 amide bonds. The Morgan fingerprint density at radius 1 is 1.47 bits per heavy atom. The van der Waals surface area contributed by atoms with E-state index in [4.69, 9.17) is 5.26 Å². The lowest BCUT2D eigenvalue weighted by Crippen LogP contribution is -1.94. The molecule has 90 valence electrons. The van der Waals surface area contributed by atoms with Gasteiger partial charge in [-0.05, 0) is 36.1 Å². The number of benzene rings is 1. The minimum absolute atomic E-state index is 0.00638. The van der Waals surface area contributed by atoms with Gasteiger partial charge in [0.1, 0.15) is 6.07 Å². The predicted molar refractivity (Wildman–Crippen MR) is 74.7 cm³/mol. The Balaban J connectivity index is 2.62. The van der Waals surface area contributed by atoms with Crippen molar-refractivity contribution in [3.05, 3.63) is 29.0 Å². The summed E-state index contributed by atoms with van der Waals surface area (Å²) < 4.78 is 0. The van der Waals surface area contributed by atoms with Crippen LogP contribution >= 0.6 is 10.9 Å². The maximum absolute atomic E-state index is 9.10. The number of nitriles is 1. The number of fused-ring (bicyclic) bond motifs is 1. The molecule has 1 N–H and O–H groups in total. The smallest absolute Gasteiger partial charge is 0.170 e. The second-order valence-electron chi connectivity index (χ2n) is 4.30. The van der Waals surface area contributed by atoms with Crippen LogP contribution in [-0.4, -0.2) is 22.2 Å². The summed E-state index contributed by atoms with van der Waals surface area (Å²) in [5.41, 5.74) is 4.06. The molecule has 0 aliphatic carbocycles. The number of nitrogens with one attached hydrogen (secondary N) is 1. The average molecular weight is 247 g/mol. The average Bonchev–Trinajstić information content (AvgIpc) is 2.75. The van der Waals surface area contributed by atoms with Gasteiger partial charge in [0.25, 0.3) is 0 Å². The molecule has 1 aromatic carbocycles. The molecule has 2 rings (SSSR count). The first-order valence-electron chi connectivity index (χ1n) is 5.72. The lowest BCUT2D eigenvalue weighted by molar-refractivity contribution is 1.10. The summed E-state index contributed by atoms with van der Waals surface area (Å²) in [4.78, 5) is 0. The summed E-state index contributed by atoms with van der Waals surface area (Å²) in [7, 11) is 0.00638. The lowest BCUT2D eigenvalue weighted by atomic mass is 10.0. The molecule has 0 spiro atoms. The third kappa shape index (κ3) is 2.16. The quantitative estimate of drug-likeness (QED) is 0.819. The molecule has 0 saturated heterocycles. The Morgan fingerprint density at radius 2 is 2.24 bits per heavy atom. The largest absolute Gasteiger partial charge is 0.276 e. The zero-order chi connectivity index (χ0) is 12.4. The first-order valence-corrected chi connectivity index (χ1v) is 7.88. The van der Waals surface area contributed by atoms with E-state index in [0.717, 1.165) is 16.7 Å². The third-order valence-electron chi connectivity index (χ3n) is 3.15. The van der Waals surface area contributed by atoms with Crippen LogP contribution in [0.4, 0.5) is 0 Å². The number of aryl methyl sites for hydroxylation is 1. The van der Waals surface area contributed by atoms with Crippen molar-refractivity contribution in [1.29, 1.82) is 5.26 Å². The summed E-state index contributed by atoms with van der Waals surface area (Å²) in [6.45, 7) is 4.34. The van der Waals surface area contributed by atoms with Gasteiger partial charge in [0, 0.05) is 11.1 Å². The van der Waals surface area contributed by atoms with Gasteiger partial charge in [0.2, 0.25) is 0 Å². The molecule has 0 radical (unpaired) electrons. The van der Waals surface area contributed by atoms with Crippen LogP contribution < -0.4 is 0 Å². The maximum atomic E-state index is 9.10. The standard InChI is InChI=1S/C13H17N3S/c1-4-17(3)8-10-9(2)5-6-11-13(10)12(7-14)16-15-11/h5-6,17H,4,8H2,1-3H3,(H,15,16). The van der Waals surface area contributed by atoms with Gasteiger partial charge in [-0.15, -0.1) is 0 Å². The van der Waals surface area contributed by atoms with Gasteiger partial charge in [0.05, 0.1) is 5.52 Å². The molecule has 0 aliphatic rings. The van der Waals surface area contributed by atoms with Gasteiger partial charge in [-0.3, -0.25) is 16.0 Å². The molecular formula is C13H17N3S. The Morgan fingerprint density at radius 3 is 2.88 bits per heavy atom. The number of H-pyrrole nitrogens is 1. The fourth-order valence-corrected chi connectivity index (χ4v) is 3.13. The highest BCUT2D eigenvalue weighted by atomic mass is 32.2. The van der Waals surface area contributed by atoms with Crippen molar-refractivity contribution >= 4 is 21.8 Å². The fourth-order valence-electron chi connectivity index (χ4n) is 1.95. The van der Waals surface area contributed by atoms with E-state index < -0.39 is 0 Å². The van der Waals surface area contributed by atoms with Gasteiger partial charge in [-0.25, -0.2) is 0 Å². The normalized spacial score (nSPS) is 13.6. The van der Waals surface area contributed by atoms with Crippen LogP contribution in [0.25, 0.3) is 10.9 Å². The molecule has 1 unspecified atom stereocenters.